The quantitative estimate of drug-likeness (QED) is 0.768. The molecule has 0 aliphatic rings. The maximum absolute atomic E-state index is 11.2. The van der Waals surface area contributed by atoms with Crippen LogP contribution in [0.25, 0.3) is 0 Å². The van der Waals surface area contributed by atoms with Crippen LogP contribution in [-0.2, 0) is 10.0 Å². The average molecular weight is 241 g/mol. The summed E-state index contributed by atoms with van der Waals surface area (Å²) in [5, 5.41) is 17.0. The molecule has 0 aromatic carbocycles. The Morgan fingerprint density at radius 3 is 2.88 bits per heavy atom. The Bertz CT molecular complexity index is 547. The number of sulfonamides is 1. The number of hydrogen-bond acceptors (Lipinski definition) is 5. The lowest BCUT2D eigenvalue weighted by atomic mass is 10.2. The number of aromatic carboxylic acids is 1. The lowest BCUT2D eigenvalue weighted by Gasteiger charge is -2.06. The molecular formula is C8H7N3O4S. The summed E-state index contributed by atoms with van der Waals surface area (Å²) >= 11 is 0. The van der Waals surface area contributed by atoms with Gasteiger partial charge in [0.25, 0.3) is 0 Å². The molecule has 0 spiro atoms. The first-order chi connectivity index (χ1) is 7.46. The molecule has 1 aromatic heterocycles. The zero-order chi connectivity index (χ0) is 12.2. The Labute approximate surface area is 91.4 Å². The summed E-state index contributed by atoms with van der Waals surface area (Å²) in [7, 11) is -3.86. The molecule has 7 nitrogen and oxygen atoms in total. The molecule has 0 aliphatic heterocycles. The van der Waals surface area contributed by atoms with Crippen LogP contribution in [0, 0.1) is 11.3 Å². The van der Waals surface area contributed by atoms with Gasteiger partial charge < -0.3 is 5.11 Å². The first-order valence-corrected chi connectivity index (χ1v) is 5.66. The van der Waals surface area contributed by atoms with Gasteiger partial charge in [0.1, 0.15) is 0 Å². The smallest absolute Gasteiger partial charge is 0.337 e. The van der Waals surface area contributed by atoms with Crippen molar-refractivity contribution in [2.24, 2.45) is 0 Å². The highest BCUT2D eigenvalue weighted by molar-refractivity contribution is 7.92. The summed E-state index contributed by atoms with van der Waals surface area (Å²) in [4.78, 5) is 14.3. The summed E-state index contributed by atoms with van der Waals surface area (Å²) in [6, 6.07) is 2.62. The first-order valence-electron chi connectivity index (χ1n) is 4.01. The summed E-state index contributed by atoms with van der Waals surface area (Å²) in [6.07, 6.45) is 2.30. The van der Waals surface area contributed by atoms with Gasteiger partial charge in [0.05, 0.1) is 23.5 Å². The zero-order valence-corrected chi connectivity index (χ0v) is 8.73. The fourth-order valence-electron chi connectivity index (χ4n) is 0.951. The third-order valence-corrected chi connectivity index (χ3v) is 2.61. The monoisotopic (exact) mass is 241 g/mol. The molecule has 0 bridgehead atoms. The second kappa shape index (κ2) is 4.59. The molecule has 0 fully saturated rings. The minimum Gasteiger partial charge on any atom is -0.478 e. The predicted molar refractivity (Wildman–Crippen MR) is 54.2 cm³/mol. The van der Waals surface area contributed by atoms with E-state index >= 15 is 0 Å². The molecule has 1 aromatic rings. The van der Waals surface area contributed by atoms with Crippen molar-refractivity contribution in [3.05, 3.63) is 24.0 Å². The average Bonchev–Trinajstić information content (AvgIpc) is 2.17. The van der Waals surface area contributed by atoms with Gasteiger partial charge in [-0.25, -0.2) is 13.2 Å². The molecule has 0 radical (unpaired) electrons. The number of nitrogens with zero attached hydrogens (tertiary/aromatic N) is 2. The van der Waals surface area contributed by atoms with E-state index in [0.29, 0.717) is 0 Å². The fourth-order valence-corrected chi connectivity index (χ4v) is 1.69. The van der Waals surface area contributed by atoms with Crippen molar-refractivity contribution in [2.75, 3.05) is 10.5 Å². The number of anilines is 1. The van der Waals surface area contributed by atoms with E-state index in [1.807, 2.05) is 4.72 Å². The number of nitrogens with one attached hydrogen (secondary N) is 1. The maximum atomic E-state index is 11.2. The van der Waals surface area contributed by atoms with Crippen LogP contribution in [0.4, 0.5) is 5.69 Å². The number of carboxylic acid groups (broad SMARTS) is 1. The predicted octanol–water partition coefficient (Wildman–Crippen LogP) is 0.0451. The van der Waals surface area contributed by atoms with Gasteiger partial charge in [0, 0.05) is 6.20 Å². The summed E-state index contributed by atoms with van der Waals surface area (Å²) < 4.78 is 24.4. The Morgan fingerprint density at radius 1 is 1.62 bits per heavy atom. The van der Waals surface area contributed by atoms with Crippen molar-refractivity contribution in [2.45, 2.75) is 0 Å². The first kappa shape index (κ1) is 11.9. The molecular weight excluding hydrogens is 234 g/mol. The third-order valence-electron chi connectivity index (χ3n) is 1.57. The lowest BCUT2D eigenvalue weighted by molar-refractivity contribution is 0.0698. The van der Waals surface area contributed by atoms with Gasteiger partial charge in [-0.3, -0.25) is 9.71 Å². The van der Waals surface area contributed by atoms with Crippen LogP contribution in [-0.4, -0.2) is 30.2 Å². The normalized spacial score (nSPS) is 10.4. The Morgan fingerprint density at radius 2 is 2.31 bits per heavy atom. The van der Waals surface area contributed by atoms with E-state index < -0.39 is 21.7 Å². The van der Waals surface area contributed by atoms with Crippen molar-refractivity contribution in [1.29, 1.82) is 5.26 Å². The second-order valence-electron chi connectivity index (χ2n) is 2.75. The number of nitriles is 1. The van der Waals surface area contributed by atoms with Crippen LogP contribution in [0.1, 0.15) is 10.4 Å². The van der Waals surface area contributed by atoms with Crippen LogP contribution in [0.3, 0.4) is 0 Å². The lowest BCUT2D eigenvalue weighted by Crippen LogP contribution is -2.17. The molecule has 0 unspecified atom stereocenters. The van der Waals surface area contributed by atoms with Gasteiger partial charge in [0.2, 0.25) is 10.0 Å². The summed E-state index contributed by atoms with van der Waals surface area (Å²) in [5.41, 5.74) is -0.387. The molecule has 1 rings (SSSR count). The highest BCUT2D eigenvalue weighted by Gasteiger charge is 2.15. The van der Waals surface area contributed by atoms with Gasteiger partial charge in [-0.2, -0.15) is 5.26 Å². The molecule has 0 saturated heterocycles. The van der Waals surface area contributed by atoms with E-state index in [0.717, 1.165) is 12.3 Å². The minimum absolute atomic E-state index is 0.162. The Kier molecular flexibility index (Phi) is 3.42. The number of carboxylic acids is 1. The SMILES string of the molecule is N#CCS(=O)(=O)Nc1cnccc1C(=O)O. The second-order valence-corrected chi connectivity index (χ2v) is 4.47. The number of aromatic nitrogens is 1. The number of rotatable bonds is 4. The molecule has 84 valence electrons. The van der Waals surface area contributed by atoms with E-state index in [1.165, 1.54) is 12.3 Å². The highest BCUT2D eigenvalue weighted by atomic mass is 32.2. The van der Waals surface area contributed by atoms with Crippen molar-refractivity contribution in [1.82, 2.24) is 4.98 Å². The van der Waals surface area contributed by atoms with Gasteiger partial charge in [0.15, 0.2) is 5.75 Å². The Balaban J connectivity index is 3.08. The molecule has 16 heavy (non-hydrogen) atoms. The van der Waals surface area contributed by atoms with Gasteiger partial charge in [-0.15, -0.1) is 0 Å². The molecule has 0 amide bonds. The molecule has 2 N–H and O–H groups in total. The van der Waals surface area contributed by atoms with Crippen LogP contribution in [0.5, 0.6) is 0 Å². The van der Waals surface area contributed by atoms with E-state index in [4.69, 9.17) is 10.4 Å². The Hall–Kier alpha value is -2.14. The van der Waals surface area contributed by atoms with Crippen LogP contribution >= 0.6 is 0 Å². The van der Waals surface area contributed by atoms with Crippen molar-refractivity contribution < 1.29 is 18.3 Å². The highest BCUT2D eigenvalue weighted by Crippen LogP contribution is 2.14. The topological polar surface area (TPSA) is 120 Å². The van der Waals surface area contributed by atoms with E-state index in [-0.39, 0.29) is 11.3 Å². The number of hydrogen-bond donors (Lipinski definition) is 2. The van der Waals surface area contributed by atoms with Crippen molar-refractivity contribution >= 4 is 21.7 Å². The van der Waals surface area contributed by atoms with E-state index in [9.17, 15) is 13.2 Å². The van der Waals surface area contributed by atoms with Crippen LogP contribution in [0.2, 0.25) is 0 Å². The minimum atomic E-state index is -3.86. The molecule has 0 saturated carbocycles. The van der Waals surface area contributed by atoms with Crippen LogP contribution < -0.4 is 4.72 Å². The largest absolute Gasteiger partial charge is 0.478 e. The maximum Gasteiger partial charge on any atom is 0.337 e. The van der Waals surface area contributed by atoms with Crippen molar-refractivity contribution in [3.63, 3.8) is 0 Å². The summed E-state index contributed by atoms with van der Waals surface area (Å²) in [5.74, 6) is -2.03. The fraction of sp³-hybridized carbons (Fsp3) is 0.125. The van der Waals surface area contributed by atoms with E-state index in [1.54, 1.807) is 0 Å². The molecule has 8 heteroatoms. The van der Waals surface area contributed by atoms with Gasteiger partial charge in [-0.1, -0.05) is 0 Å². The third kappa shape index (κ3) is 2.93. The molecule has 1 heterocycles. The van der Waals surface area contributed by atoms with Gasteiger partial charge >= 0.3 is 5.97 Å². The zero-order valence-electron chi connectivity index (χ0n) is 7.91. The number of carbonyl (C=O) groups is 1. The van der Waals surface area contributed by atoms with Gasteiger partial charge in [-0.05, 0) is 6.07 Å². The number of pyridine rings is 1. The molecule has 0 atom stereocenters. The standard InChI is InChI=1S/C8H7N3O4S/c9-2-4-16(14,15)11-7-5-10-3-1-6(7)8(12)13/h1,3,5,11H,4H2,(H,12,13). The van der Waals surface area contributed by atoms with E-state index in [2.05, 4.69) is 4.98 Å². The molecule has 0 aliphatic carbocycles. The van der Waals surface area contributed by atoms with Crippen molar-refractivity contribution in [3.8, 4) is 6.07 Å². The van der Waals surface area contributed by atoms with Crippen LogP contribution in [0.15, 0.2) is 18.5 Å². The summed E-state index contributed by atoms with van der Waals surface area (Å²) in [6.45, 7) is 0.